The third-order valence-electron chi connectivity index (χ3n) is 18.9. The Hall–Kier alpha value is -1.88. The van der Waals surface area contributed by atoms with Crippen molar-refractivity contribution < 1.29 is 89.1 Å². The summed E-state index contributed by atoms with van der Waals surface area (Å²) >= 11 is 0. The third kappa shape index (κ3) is 7.67. The number of ether oxygens (including phenoxy) is 6. The number of allylic oxidation sites excluding steroid dienone is 2. The quantitative estimate of drug-likeness (QED) is 0.0872. The van der Waals surface area contributed by atoms with E-state index in [0.29, 0.717) is 19.3 Å². The Morgan fingerprint density at radius 3 is 1.91 bits per heavy atom. The van der Waals surface area contributed by atoms with E-state index in [2.05, 4.69) is 54.5 Å². The van der Waals surface area contributed by atoms with Crippen LogP contribution in [0.3, 0.4) is 0 Å². The van der Waals surface area contributed by atoms with Crippen molar-refractivity contribution in [3.05, 3.63) is 11.6 Å². The van der Waals surface area contributed by atoms with Gasteiger partial charge in [0.05, 0.1) is 24.7 Å². The molecule has 10 N–H and O–H groups in total. The van der Waals surface area contributed by atoms with Crippen LogP contribution in [0.25, 0.3) is 0 Å². The monoisotopic (exact) mass is 926 g/mol. The van der Waals surface area contributed by atoms with Crippen LogP contribution in [0.15, 0.2) is 11.6 Å². The van der Waals surface area contributed by atoms with Crippen molar-refractivity contribution in [1.29, 1.82) is 0 Å². The summed E-state index contributed by atoms with van der Waals surface area (Å²) < 4.78 is 35.2. The van der Waals surface area contributed by atoms with E-state index in [-0.39, 0.29) is 39.4 Å². The molecule has 8 aliphatic rings. The van der Waals surface area contributed by atoms with Crippen LogP contribution in [-0.2, 0) is 38.0 Å². The summed E-state index contributed by atoms with van der Waals surface area (Å²) in [6.45, 7) is 14.6. The molecule has 3 saturated heterocycles. The molecule has 3 heterocycles. The number of carbonyl (C=O) groups excluding carboxylic acids is 1. The van der Waals surface area contributed by atoms with Crippen molar-refractivity contribution in [3.8, 4) is 0 Å². The molecular formula is C47H74O18. The highest BCUT2D eigenvalue weighted by atomic mass is 16.7. The second-order valence-corrected chi connectivity index (χ2v) is 23.0. The molecule has 18 heteroatoms. The number of aliphatic carboxylic acids is 1. The van der Waals surface area contributed by atoms with Crippen LogP contribution in [0, 0.1) is 50.2 Å². The summed E-state index contributed by atoms with van der Waals surface area (Å²) in [4.78, 5) is 27.0. The summed E-state index contributed by atoms with van der Waals surface area (Å²) in [5.41, 5.74) is -0.845. The third-order valence-corrected chi connectivity index (χ3v) is 18.9. The van der Waals surface area contributed by atoms with Gasteiger partial charge in [-0.15, -0.1) is 0 Å². The van der Waals surface area contributed by atoms with Crippen LogP contribution >= 0.6 is 0 Å². The zero-order valence-electron chi connectivity index (χ0n) is 38.7. The molecule has 65 heavy (non-hydrogen) atoms. The maximum Gasteiger partial charge on any atom is 0.335 e. The van der Waals surface area contributed by atoms with Crippen molar-refractivity contribution in [2.24, 2.45) is 50.2 Å². The highest BCUT2D eigenvalue weighted by molar-refractivity contribution is 5.79. The summed E-state index contributed by atoms with van der Waals surface area (Å²) in [6.07, 6.45) is -13.2. The van der Waals surface area contributed by atoms with Gasteiger partial charge in [0, 0.05) is 0 Å². The fraction of sp³-hybridized carbons (Fsp3) is 0.915. The number of hydrogen-bond donors (Lipinski definition) is 10. The molecule has 0 aromatic rings. The Bertz CT molecular complexity index is 1820. The molecule has 8 rings (SSSR count). The van der Waals surface area contributed by atoms with Gasteiger partial charge in [-0.25, -0.2) is 4.79 Å². The van der Waals surface area contributed by atoms with Crippen LogP contribution in [-0.4, -0.2) is 168 Å². The van der Waals surface area contributed by atoms with Crippen molar-refractivity contribution in [3.63, 3.8) is 0 Å². The van der Waals surface area contributed by atoms with Crippen molar-refractivity contribution in [2.75, 3.05) is 13.2 Å². The molecule has 7 fully saturated rings. The van der Waals surface area contributed by atoms with Gasteiger partial charge in [-0.05, 0) is 109 Å². The number of fused-ring (bicyclic) bond motifs is 7. The first-order valence-corrected chi connectivity index (χ1v) is 23.7. The lowest BCUT2D eigenvalue weighted by atomic mass is 9.33. The molecule has 0 bridgehead atoms. The fourth-order valence-electron chi connectivity index (χ4n) is 14.8. The molecule has 0 aromatic carbocycles. The number of carboxylic acids is 1. The average Bonchev–Trinajstić information content (AvgIpc) is 3.51. The van der Waals surface area contributed by atoms with Gasteiger partial charge in [0.1, 0.15) is 61.0 Å². The van der Waals surface area contributed by atoms with E-state index in [4.69, 9.17) is 28.4 Å². The first-order valence-electron chi connectivity index (χ1n) is 23.7. The Balaban J connectivity index is 1.03. The van der Waals surface area contributed by atoms with Crippen LogP contribution in [0.5, 0.6) is 0 Å². The molecule has 0 unspecified atom stereocenters. The highest BCUT2D eigenvalue weighted by Gasteiger charge is 2.70. The van der Waals surface area contributed by atoms with E-state index in [9.17, 15) is 60.7 Å². The van der Waals surface area contributed by atoms with Gasteiger partial charge in [-0.3, -0.25) is 4.79 Å². The van der Waals surface area contributed by atoms with E-state index in [0.717, 1.165) is 44.9 Å². The molecule has 0 spiro atoms. The molecule has 18 nitrogen and oxygen atoms in total. The number of hydrogen-bond acceptors (Lipinski definition) is 17. The van der Waals surface area contributed by atoms with Gasteiger partial charge in [0.2, 0.25) is 6.29 Å². The topological polar surface area (TPSA) is 292 Å². The Kier molecular flexibility index (Phi) is 13.1. The molecule has 4 saturated carbocycles. The number of aliphatic hydroxyl groups excluding tert-OH is 9. The minimum Gasteiger partial charge on any atom is -0.479 e. The maximum absolute atomic E-state index is 14.7. The number of carbonyl (C=O) groups is 2. The average molecular weight is 927 g/mol. The van der Waals surface area contributed by atoms with Crippen LogP contribution in [0.2, 0.25) is 0 Å². The minimum absolute atomic E-state index is 0.0676. The van der Waals surface area contributed by atoms with Gasteiger partial charge < -0.3 is 79.5 Å². The molecular weight excluding hydrogens is 852 g/mol. The molecule has 3 aliphatic heterocycles. The molecule has 0 radical (unpaired) electrons. The number of rotatable bonds is 9. The van der Waals surface area contributed by atoms with Crippen LogP contribution in [0.4, 0.5) is 0 Å². The number of aliphatic hydroxyl groups is 9. The Morgan fingerprint density at radius 1 is 0.662 bits per heavy atom. The predicted molar refractivity (Wildman–Crippen MR) is 225 cm³/mol. The lowest BCUT2D eigenvalue weighted by Gasteiger charge is -2.71. The summed E-state index contributed by atoms with van der Waals surface area (Å²) in [6, 6.07) is 0. The molecule has 22 atom stereocenters. The van der Waals surface area contributed by atoms with E-state index < -0.39 is 128 Å². The number of esters is 1. The van der Waals surface area contributed by atoms with Gasteiger partial charge in [0.15, 0.2) is 18.7 Å². The molecule has 370 valence electrons. The van der Waals surface area contributed by atoms with Gasteiger partial charge >= 0.3 is 11.9 Å². The van der Waals surface area contributed by atoms with E-state index >= 15 is 0 Å². The van der Waals surface area contributed by atoms with E-state index in [1.54, 1.807) is 0 Å². The predicted octanol–water partition coefficient (Wildman–Crippen LogP) is 0.872. The Morgan fingerprint density at radius 2 is 1.26 bits per heavy atom. The summed E-state index contributed by atoms with van der Waals surface area (Å²) in [5, 5.41) is 105. The van der Waals surface area contributed by atoms with Gasteiger partial charge in [-0.1, -0.05) is 60.1 Å². The maximum atomic E-state index is 14.7. The van der Waals surface area contributed by atoms with Crippen molar-refractivity contribution in [1.82, 2.24) is 0 Å². The lowest BCUT2D eigenvalue weighted by molar-refractivity contribution is -0.343. The van der Waals surface area contributed by atoms with Gasteiger partial charge in [-0.2, -0.15) is 0 Å². The normalized spacial score (nSPS) is 52.5. The second-order valence-electron chi connectivity index (χ2n) is 23.0. The van der Waals surface area contributed by atoms with E-state index in [1.165, 1.54) is 5.57 Å². The zero-order chi connectivity index (χ0) is 47.6. The fourth-order valence-corrected chi connectivity index (χ4v) is 14.8. The molecule has 0 amide bonds. The Labute approximate surface area is 380 Å². The summed E-state index contributed by atoms with van der Waals surface area (Å²) in [5.74, 6) is -1.80. The lowest BCUT2D eigenvalue weighted by Crippen LogP contribution is -2.66. The van der Waals surface area contributed by atoms with Gasteiger partial charge in [0.25, 0.3) is 0 Å². The number of carboxylic acid groups (broad SMARTS) is 1. The van der Waals surface area contributed by atoms with Crippen LogP contribution < -0.4 is 0 Å². The standard InChI is InChI=1S/C47H74O18/c1-42(2)14-16-47(41(59)65-39-32(54)30(52)28(50)23(19-48)61-39)17-15-45(6)21(22(47)18-42)8-9-26-44(5)12-11-27(43(3,4)25(44)10-13-46(26,45)7)62-40-34(56)35(33(55)36(64-40)37(57)58)63-38-31(53)29(51)24(20-49)60-38/h8,22-36,38-40,48-56H,9-20H2,1-7H3,(H,57,58)/t22-,23+,24+,25-,26-,27+,28-,29+,30-,31+,32+,33-,34-,35-,36+,38+,39-,40-,44-,45+,46+,47+/m1/s1. The van der Waals surface area contributed by atoms with E-state index in [1.807, 2.05) is 0 Å². The SMILES string of the molecule is CC1(C)CC[C@]2(C(=O)O[C@H]3O[C@@H](CO)[C@@H](O)[C@@H](O)[C@@H]3O)CC[C@@]3(C)C(=CC[C@@H]4[C@]5(C)CC[C@H](O[C@@H]6O[C@H](C(=O)O)[C@H](O)[C@@H](O[C@@H]7O[C@@H](CO)[C@H](O)[C@@H]7O)[C@H]6O)C(C)(C)[C@H]5CC[C@@]43C)[C@H]2C1. The second kappa shape index (κ2) is 17.2. The smallest absolute Gasteiger partial charge is 0.335 e. The first-order chi connectivity index (χ1) is 30.3. The van der Waals surface area contributed by atoms with Crippen molar-refractivity contribution in [2.45, 2.75) is 205 Å². The van der Waals surface area contributed by atoms with Crippen molar-refractivity contribution >= 4 is 11.9 Å². The molecule has 5 aliphatic carbocycles. The van der Waals surface area contributed by atoms with Crippen LogP contribution in [0.1, 0.15) is 113 Å². The minimum atomic E-state index is -1.90. The highest BCUT2D eigenvalue weighted by Crippen LogP contribution is 2.76. The zero-order valence-corrected chi connectivity index (χ0v) is 38.7. The summed E-state index contributed by atoms with van der Waals surface area (Å²) in [7, 11) is 0. The first kappa shape index (κ1) is 49.5. The molecule has 0 aromatic heterocycles. The largest absolute Gasteiger partial charge is 0.479 e.